The van der Waals surface area contributed by atoms with Gasteiger partial charge in [-0.1, -0.05) is 108 Å². The predicted molar refractivity (Wildman–Crippen MR) is 359 cm³/mol. The second-order valence-electron chi connectivity index (χ2n) is 26.7. The lowest BCUT2D eigenvalue weighted by Gasteiger charge is -2.32. The highest BCUT2D eigenvalue weighted by atomic mass is 32.2. The van der Waals surface area contributed by atoms with E-state index in [1.807, 2.05) is 53.7 Å². The molecule has 99 heavy (non-hydrogen) atoms. The van der Waals surface area contributed by atoms with Crippen LogP contribution in [-0.2, 0) is 74.0 Å². The van der Waals surface area contributed by atoms with Crippen molar-refractivity contribution < 1.29 is 105 Å². The summed E-state index contributed by atoms with van der Waals surface area (Å²) in [4.78, 5) is 63.5. The van der Waals surface area contributed by atoms with Gasteiger partial charge in [-0.05, 0) is 196 Å². The van der Waals surface area contributed by atoms with Gasteiger partial charge < -0.3 is 37.5 Å². The molecule has 4 fully saturated rings. The Labute approximate surface area is 580 Å². The molecule has 1 aliphatic heterocycles. The average Bonchev–Trinajstić information content (AvgIpc) is 1.62. The fourth-order valence-corrected chi connectivity index (χ4v) is 14.2. The van der Waals surface area contributed by atoms with Gasteiger partial charge in [0.15, 0.2) is 24.8 Å². The first kappa shape index (κ1) is 82.5. The molecular weight excluding hydrogens is 1360 g/mol. The Kier molecular flexibility index (Phi) is 28.7. The number of benzene rings is 5. The number of fused-ring (bicyclic) bond motifs is 1. The van der Waals surface area contributed by atoms with Crippen LogP contribution >= 0.6 is 0 Å². The molecule has 3 aliphatic carbocycles. The lowest BCUT2D eigenvalue weighted by molar-refractivity contribution is -0.247. The largest absolute Gasteiger partial charge is 0.743 e. The van der Waals surface area contributed by atoms with Crippen molar-refractivity contribution in [1.29, 1.82) is 0 Å². The molecule has 26 heteroatoms. The van der Waals surface area contributed by atoms with Crippen molar-refractivity contribution in [3.05, 3.63) is 151 Å². The van der Waals surface area contributed by atoms with Crippen LogP contribution in [0, 0.1) is 34.0 Å². The van der Waals surface area contributed by atoms with Gasteiger partial charge in [0, 0.05) is 11.8 Å². The molecule has 17 nitrogen and oxygen atoms in total. The summed E-state index contributed by atoms with van der Waals surface area (Å²) < 4.78 is 165. The summed E-state index contributed by atoms with van der Waals surface area (Å²) in [6, 6.07) is 42.0. The number of aromatic hydroxyl groups is 1. The molecule has 5 aromatic carbocycles. The molecule has 0 spiro atoms. The minimum absolute atomic E-state index is 0.0146. The Balaban J connectivity index is 0.000000238. The van der Waals surface area contributed by atoms with Crippen molar-refractivity contribution in [2.24, 2.45) is 34.0 Å². The molecule has 0 aromatic heterocycles. The second kappa shape index (κ2) is 34.5. The minimum Gasteiger partial charge on any atom is -0.743 e. The van der Waals surface area contributed by atoms with E-state index in [1.165, 1.54) is 33.1 Å². The summed E-state index contributed by atoms with van der Waals surface area (Å²) in [6.45, 7) is 22.5. The molecule has 1 N–H and O–H groups in total. The molecule has 0 radical (unpaired) electrons. The van der Waals surface area contributed by atoms with Gasteiger partial charge in [-0.15, -0.1) is 0 Å². The van der Waals surface area contributed by atoms with Crippen LogP contribution in [0.3, 0.4) is 0 Å². The van der Waals surface area contributed by atoms with Crippen molar-refractivity contribution in [3.8, 4) is 11.5 Å². The van der Waals surface area contributed by atoms with Gasteiger partial charge in [0.1, 0.15) is 42.5 Å². The van der Waals surface area contributed by atoms with Crippen molar-refractivity contribution in [2.75, 3.05) is 13.2 Å². The van der Waals surface area contributed by atoms with Crippen LogP contribution < -0.4 is 4.18 Å². The third-order valence-corrected chi connectivity index (χ3v) is 23.1. The van der Waals surface area contributed by atoms with E-state index in [0.717, 1.165) is 51.4 Å². The zero-order valence-electron chi connectivity index (χ0n) is 57.9. The molecule has 2 bridgehead atoms. The predicted octanol–water partition coefficient (Wildman–Crippen LogP) is 16.2. The monoisotopic (exact) mass is 1450 g/mol. The van der Waals surface area contributed by atoms with Crippen molar-refractivity contribution in [1.82, 2.24) is 0 Å². The van der Waals surface area contributed by atoms with Gasteiger partial charge in [0.2, 0.25) is 0 Å². The zero-order chi connectivity index (χ0) is 74.2. The van der Waals surface area contributed by atoms with Gasteiger partial charge in [-0.25, -0.2) is 13.2 Å². The van der Waals surface area contributed by atoms with Crippen LogP contribution in [0.25, 0.3) is 0 Å². The van der Waals surface area contributed by atoms with E-state index in [4.69, 9.17) is 28.8 Å². The van der Waals surface area contributed by atoms with Crippen LogP contribution in [-0.4, -0.2) is 104 Å². The number of ether oxygens (including phenoxy) is 5. The SMILES string of the molecule is CCC(C)(C)C(=O)OC1C2CC3C(=O)OC1C3C2.CCC(C)(C)C(=O)OCCOC(=O)c1ccc(OS(=O)(=O)C(F)(F)C(F)(F)C(F)(F)S(=O)(=O)[O-])cc1.CCC(C)c1ccc(O)cc1.CCC1(OC(=O)C(C)(C)CC)CCCC1.c1ccc([S+](c2ccccc2)c2ccccc2)cc1. The van der Waals surface area contributed by atoms with Gasteiger partial charge in [0.25, 0.3) is 0 Å². The summed E-state index contributed by atoms with van der Waals surface area (Å²) in [5, 5.41) is -4.90. The van der Waals surface area contributed by atoms with Gasteiger partial charge in [-0.2, -0.15) is 34.8 Å². The van der Waals surface area contributed by atoms with Crippen LogP contribution in [0.1, 0.15) is 176 Å². The van der Waals surface area contributed by atoms with E-state index >= 15 is 0 Å². The molecule has 1 saturated heterocycles. The summed E-state index contributed by atoms with van der Waals surface area (Å²) in [7, 11) is -14.5. The number of hydrogen-bond donors (Lipinski definition) is 1. The minimum atomic E-state index is -7.43. The van der Waals surface area contributed by atoms with E-state index in [-0.39, 0.29) is 70.1 Å². The van der Waals surface area contributed by atoms with E-state index in [0.29, 0.717) is 54.2 Å². The maximum absolute atomic E-state index is 13.8. The molecule has 546 valence electrons. The first-order valence-electron chi connectivity index (χ1n) is 32.9. The van der Waals surface area contributed by atoms with Gasteiger partial charge >= 0.3 is 56.4 Å². The van der Waals surface area contributed by atoms with Crippen LogP contribution in [0.2, 0.25) is 0 Å². The van der Waals surface area contributed by atoms with E-state index in [9.17, 15) is 71.7 Å². The molecule has 6 atom stereocenters. The zero-order valence-corrected chi connectivity index (χ0v) is 60.4. The molecule has 6 unspecified atom stereocenters. The van der Waals surface area contributed by atoms with E-state index in [1.54, 1.807) is 32.9 Å². The maximum Gasteiger partial charge on any atom is 0.450 e. The number of carbonyl (C=O) groups is 5. The number of halogens is 6. The standard InChI is InChI=1S/C18H20F6O10S2.C18H15S.C14H20O4.C13H24O2.C10H14O/c1-4-15(2,3)14(26)33-10-9-32-13(25)11-5-7-12(8-6-11)34-36(30,31)18(23,24)16(19,20)17(21,22)35(27,28)29;1-4-10-16(11-5-1)19(17-12-6-2-7-13-17)18-14-8-3-9-15-18;1-4-14(2,3)13(16)18-10-7-5-8-9(6-7)12(15)17-11(8)10;1-5-12(3,4)11(14)15-13(6-2)9-7-8-10-13;1-3-8(2)9-4-6-10(11)7-5-9/h5-8H,4,9-10H2,1-3H3,(H,27,28,29);1-15H;7-11H,4-6H2,1-3H3;5-10H2,1-4H3;4-8,11H,3H2,1-2H3/q;+1;;;/p-1. The highest BCUT2D eigenvalue weighted by Gasteiger charge is 2.81. The smallest absolute Gasteiger partial charge is 0.450 e. The maximum atomic E-state index is 13.8. The third-order valence-electron chi connectivity index (χ3n) is 18.7. The van der Waals surface area contributed by atoms with Crippen molar-refractivity contribution in [3.63, 3.8) is 0 Å². The Bertz CT molecular complexity index is 3590. The van der Waals surface area contributed by atoms with Crippen LogP contribution in [0.5, 0.6) is 11.5 Å². The Morgan fingerprint density at radius 3 is 1.53 bits per heavy atom. The molecule has 1 heterocycles. The number of hydrogen-bond acceptors (Lipinski definition) is 17. The number of carbonyl (C=O) groups excluding carboxylic acids is 5. The third kappa shape index (κ3) is 20.5. The van der Waals surface area contributed by atoms with E-state index in [2.05, 4.69) is 116 Å². The first-order valence-corrected chi connectivity index (χ1v) is 37.0. The fraction of sp³-hybridized carbons (Fsp3) is 0.521. The molecular formula is C73H92F6O17S3. The summed E-state index contributed by atoms with van der Waals surface area (Å²) in [6.07, 6.45) is 10.1. The van der Waals surface area contributed by atoms with E-state index < -0.39 is 71.8 Å². The molecule has 5 aromatic rings. The number of phenolic OH excluding ortho intramolecular Hbond substituents is 1. The fourth-order valence-electron chi connectivity index (χ4n) is 10.6. The van der Waals surface area contributed by atoms with Gasteiger partial charge in [-0.3, -0.25) is 19.2 Å². The average molecular weight is 1450 g/mol. The van der Waals surface area contributed by atoms with Crippen molar-refractivity contribution in [2.45, 2.75) is 209 Å². The molecule has 4 aliphatic rings. The number of phenols is 1. The van der Waals surface area contributed by atoms with Crippen LogP contribution in [0.15, 0.2) is 154 Å². The number of esters is 5. The quantitative estimate of drug-likeness (QED) is 0.0115. The summed E-state index contributed by atoms with van der Waals surface area (Å²) in [5.41, 5.74) is -0.746. The summed E-state index contributed by atoms with van der Waals surface area (Å²) in [5.74, 6) is -8.66. The first-order chi connectivity index (χ1) is 46.1. The number of alkyl halides is 6. The Morgan fingerprint density at radius 2 is 1.08 bits per heavy atom. The second-order valence-corrected chi connectivity index (χ2v) is 31.7. The highest BCUT2D eigenvalue weighted by Crippen LogP contribution is 2.56. The highest BCUT2D eigenvalue weighted by molar-refractivity contribution is 7.97. The Morgan fingerprint density at radius 1 is 0.626 bits per heavy atom. The van der Waals surface area contributed by atoms with Gasteiger partial charge in [0.05, 0.1) is 38.6 Å². The van der Waals surface area contributed by atoms with Crippen molar-refractivity contribution >= 4 is 61.0 Å². The van der Waals surface area contributed by atoms with Crippen LogP contribution in [0.4, 0.5) is 26.3 Å². The molecule has 3 saturated carbocycles. The molecule has 9 rings (SSSR count). The number of rotatable bonds is 24. The topological polar surface area (TPSA) is 252 Å². The summed E-state index contributed by atoms with van der Waals surface area (Å²) >= 11 is 0. The lowest BCUT2D eigenvalue weighted by atomic mass is 9.87. The Hall–Kier alpha value is -7.16. The lowest BCUT2D eigenvalue weighted by Crippen LogP contribution is -2.61. The molecule has 0 amide bonds. The normalized spacial score (nSPS) is 19.0.